The third-order valence-corrected chi connectivity index (χ3v) is 6.53. The minimum absolute atomic E-state index is 0.126. The zero-order valence-electron chi connectivity index (χ0n) is 17.8. The maximum atomic E-state index is 15.1. The number of nitrogen functional groups attached to an aromatic ring is 1. The molecule has 7 nitrogen and oxygen atoms in total. The average molecular weight is 489 g/mol. The molecule has 2 N–H and O–H groups in total. The van der Waals surface area contributed by atoms with Gasteiger partial charge in [-0.3, -0.25) is 9.20 Å². The van der Waals surface area contributed by atoms with Gasteiger partial charge in [-0.05, 0) is 31.0 Å². The van der Waals surface area contributed by atoms with Crippen LogP contribution in [0.2, 0.25) is 0 Å². The number of nitrogens with zero attached hydrogens (tertiary/aromatic N) is 4. The van der Waals surface area contributed by atoms with Gasteiger partial charge in [-0.2, -0.15) is 13.2 Å². The SMILES string of the molecule is Nc1nc2cc(F)c(C(=O)N3CCC[C@@H]4Oc5cc(C(F)(F)F)c(F)cc5[C@@H]43)cc2n2cncc12. The fourth-order valence-electron chi connectivity index (χ4n) is 4.98. The van der Waals surface area contributed by atoms with Crippen molar-refractivity contribution in [1.82, 2.24) is 19.3 Å². The monoisotopic (exact) mass is 489 g/mol. The van der Waals surface area contributed by atoms with Crippen LogP contribution < -0.4 is 10.5 Å². The number of carbonyl (C=O) groups is 1. The maximum absolute atomic E-state index is 15.1. The van der Waals surface area contributed by atoms with Gasteiger partial charge in [0.05, 0.1) is 40.7 Å². The van der Waals surface area contributed by atoms with Crippen molar-refractivity contribution in [2.45, 2.75) is 31.2 Å². The van der Waals surface area contributed by atoms with E-state index in [1.54, 1.807) is 4.40 Å². The number of piperidine rings is 1. The van der Waals surface area contributed by atoms with Crippen LogP contribution in [-0.4, -0.2) is 37.8 Å². The first-order valence-electron chi connectivity index (χ1n) is 10.7. The molecule has 2 aliphatic heterocycles. The minimum atomic E-state index is -4.89. The molecule has 1 fully saturated rings. The highest BCUT2D eigenvalue weighted by atomic mass is 19.4. The van der Waals surface area contributed by atoms with Crippen molar-refractivity contribution in [2.24, 2.45) is 0 Å². The number of ether oxygens (including phenoxy) is 1. The molecule has 180 valence electrons. The Labute approximate surface area is 193 Å². The number of aromatic nitrogens is 3. The fourth-order valence-corrected chi connectivity index (χ4v) is 4.98. The van der Waals surface area contributed by atoms with Crippen LogP contribution in [0.1, 0.15) is 40.4 Å². The van der Waals surface area contributed by atoms with E-state index in [1.807, 2.05) is 0 Å². The smallest absolute Gasteiger partial charge is 0.419 e. The number of anilines is 1. The number of rotatable bonds is 1. The van der Waals surface area contributed by atoms with Crippen molar-refractivity contribution >= 4 is 28.3 Å². The van der Waals surface area contributed by atoms with Gasteiger partial charge in [-0.15, -0.1) is 0 Å². The van der Waals surface area contributed by atoms with Gasteiger partial charge in [0, 0.05) is 18.2 Å². The molecule has 0 radical (unpaired) electrons. The normalized spacial score (nSPS) is 19.6. The van der Waals surface area contributed by atoms with E-state index in [9.17, 15) is 22.4 Å². The molecule has 12 heteroatoms. The Morgan fingerprint density at radius 2 is 1.91 bits per heavy atom. The second-order valence-electron chi connectivity index (χ2n) is 8.58. The molecular formula is C23H16F5N5O2. The third kappa shape index (κ3) is 3.19. The number of carbonyl (C=O) groups excluding carboxylic acids is 1. The molecule has 2 aliphatic rings. The zero-order chi connectivity index (χ0) is 24.6. The molecule has 0 spiro atoms. The molecule has 6 rings (SSSR count). The predicted molar refractivity (Wildman–Crippen MR) is 114 cm³/mol. The Balaban J connectivity index is 1.44. The largest absolute Gasteiger partial charge is 0.488 e. The van der Waals surface area contributed by atoms with Crippen LogP contribution in [0.4, 0.5) is 27.8 Å². The third-order valence-electron chi connectivity index (χ3n) is 6.53. The highest BCUT2D eigenvalue weighted by Crippen LogP contribution is 2.47. The maximum Gasteiger partial charge on any atom is 0.419 e. The van der Waals surface area contributed by atoms with Gasteiger partial charge in [-0.25, -0.2) is 18.7 Å². The zero-order valence-corrected chi connectivity index (χ0v) is 17.8. The summed E-state index contributed by atoms with van der Waals surface area (Å²) in [6.07, 6.45) is -1.69. The number of alkyl halides is 3. The number of benzene rings is 2. The summed E-state index contributed by atoms with van der Waals surface area (Å²) in [5.74, 6) is -2.98. The van der Waals surface area contributed by atoms with Crippen molar-refractivity contribution in [2.75, 3.05) is 12.3 Å². The molecule has 2 aromatic carbocycles. The summed E-state index contributed by atoms with van der Waals surface area (Å²) in [4.78, 5) is 23.1. The predicted octanol–water partition coefficient (Wildman–Crippen LogP) is 4.50. The molecule has 2 atom stereocenters. The summed E-state index contributed by atoms with van der Waals surface area (Å²) in [6, 6.07) is 2.95. The summed E-state index contributed by atoms with van der Waals surface area (Å²) in [5.41, 5.74) is 5.42. The van der Waals surface area contributed by atoms with Gasteiger partial charge >= 0.3 is 6.18 Å². The van der Waals surface area contributed by atoms with E-state index in [0.717, 1.165) is 12.1 Å². The Morgan fingerprint density at radius 1 is 1.11 bits per heavy atom. The highest BCUT2D eigenvalue weighted by molar-refractivity contribution is 5.99. The van der Waals surface area contributed by atoms with Crippen LogP contribution in [0.5, 0.6) is 5.75 Å². The van der Waals surface area contributed by atoms with Gasteiger partial charge in [0.15, 0.2) is 0 Å². The number of amides is 1. The number of hydrogen-bond acceptors (Lipinski definition) is 5. The molecule has 1 saturated heterocycles. The molecular weight excluding hydrogens is 473 g/mol. The van der Waals surface area contributed by atoms with Crippen LogP contribution in [0, 0.1) is 11.6 Å². The van der Waals surface area contributed by atoms with Crippen LogP contribution in [0.15, 0.2) is 36.8 Å². The van der Waals surface area contributed by atoms with Crippen molar-refractivity contribution in [3.8, 4) is 5.75 Å². The van der Waals surface area contributed by atoms with E-state index in [2.05, 4.69) is 9.97 Å². The van der Waals surface area contributed by atoms with E-state index < -0.39 is 41.4 Å². The Hall–Kier alpha value is -3.96. The lowest BCUT2D eigenvalue weighted by atomic mass is 9.93. The second-order valence-corrected chi connectivity index (χ2v) is 8.58. The second kappa shape index (κ2) is 7.27. The Kier molecular flexibility index (Phi) is 4.48. The lowest BCUT2D eigenvalue weighted by Gasteiger charge is -2.36. The van der Waals surface area contributed by atoms with Gasteiger partial charge in [0.1, 0.15) is 34.8 Å². The van der Waals surface area contributed by atoms with E-state index >= 15 is 4.39 Å². The summed E-state index contributed by atoms with van der Waals surface area (Å²) < 4.78 is 76.3. The molecule has 0 unspecified atom stereocenters. The summed E-state index contributed by atoms with van der Waals surface area (Å²) in [7, 11) is 0. The number of imidazole rings is 1. The van der Waals surface area contributed by atoms with Crippen LogP contribution in [0.3, 0.4) is 0 Å². The highest BCUT2D eigenvalue weighted by Gasteiger charge is 2.46. The summed E-state index contributed by atoms with van der Waals surface area (Å²) in [6.45, 7) is 0.198. The number of halogens is 5. The lowest BCUT2D eigenvalue weighted by molar-refractivity contribution is -0.140. The van der Waals surface area contributed by atoms with Gasteiger partial charge in [0.2, 0.25) is 0 Å². The quantitative estimate of drug-likeness (QED) is 0.398. The molecule has 0 saturated carbocycles. The Morgan fingerprint density at radius 3 is 2.69 bits per heavy atom. The van der Waals surface area contributed by atoms with Gasteiger partial charge in [-0.1, -0.05) is 0 Å². The fraction of sp³-hybridized carbons (Fsp3) is 0.261. The molecule has 4 heterocycles. The number of hydrogen-bond donors (Lipinski definition) is 1. The molecule has 1 amide bonds. The van der Waals surface area contributed by atoms with Crippen molar-refractivity contribution in [1.29, 1.82) is 0 Å². The number of likely N-dealkylation sites (tertiary alicyclic amines) is 1. The van der Waals surface area contributed by atoms with Crippen LogP contribution in [0.25, 0.3) is 16.6 Å². The molecule has 0 aliphatic carbocycles. The Bertz CT molecular complexity index is 1530. The molecule has 4 aromatic rings. The van der Waals surface area contributed by atoms with Crippen molar-refractivity contribution in [3.63, 3.8) is 0 Å². The lowest BCUT2D eigenvalue weighted by Crippen LogP contribution is -2.44. The number of nitrogens with two attached hydrogens (primary N) is 1. The van der Waals surface area contributed by atoms with E-state index in [1.165, 1.54) is 23.5 Å². The minimum Gasteiger partial charge on any atom is -0.488 e. The molecule has 35 heavy (non-hydrogen) atoms. The summed E-state index contributed by atoms with van der Waals surface area (Å²) >= 11 is 0. The molecule has 2 aromatic heterocycles. The van der Waals surface area contributed by atoms with E-state index in [0.29, 0.717) is 29.9 Å². The first-order chi connectivity index (χ1) is 16.6. The van der Waals surface area contributed by atoms with Crippen molar-refractivity contribution < 1.29 is 31.5 Å². The number of fused-ring (bicyclic) bond motifs is 6. The molecule has 0 bridgehead atoms. The topological polar surface area (TPSA) is 85.8 Å². The van der Waals surface area contributed by atoms with E-state index in [4.69, 9.17) is 10.5 Å². The average Bonchev–Trinajstić information content (AvgIpc) is 3.42. The standard InChI is InChI=1S/C23H16F5N5O2/c24-13-7-15-16(33-9-30-8-17(33)21(29)31-15)5-10(13)22(34)32-3-1-2-18-20(32)11-4-14(25)12(23(26,27)28)6-19(11)35-18/h4-9,18,20H,1-3H2,(H2,29,31)/t18-,20-/m0/s1. The summed E-state index contributed by atoms with van der Waals surface area (Å²) in [5, 5.41) is 0. The first-order valence-corrected chi connectivity index (χ1v) is 10.7. The first kappa shape index (κ1) is 21.6. The van der Waals surface area contributed by atoms with Crippen LogP contribution in [-0.2, 0) is 6.18 Å². The van der Waals surface area contributed by atoms with Gasteiger partial charge in [0.25, 0.3) is 5.91 Å². The van der Waals surface area contributed by atoms with Crippen LogP contribution >= 0.6 is 0 Å². The van der Waals surface area contributed by atoms with Crippen molar-refractivity contribution in [3.05, 3.63) is 65.1 Å². The van der Waals surface area contributed by atoms with Gasteiger partial charge < -0.3 is 15.4 Å². The van der Waals surface area contributed by atoms with E-state index in [-0.39, 0.29) is 34.8 Å².